The van der Waals surface area contributed by atoms with Gasteiger partial charge in [0.2, 0.25) is 0 Å². The van der Waals surface area contributed by atoms with Gasteiger partial charge in [0.15, 0.2) is 0 Å². The van der Waals surface area contributed by atoms with Crippen LogP contribution >= 0.6 is 0 Å². The second kappa shape index (κ2) is 6.05. The first-order valence-corrected chi connectivity index (χ1v) is 6.70. The largest absolute Gasteiger partial charge is 0.317 e. The van der Waals surface area contributed by atoms with Crippen molar-refractivity contribution in [1.82, 2.24) is 5.32 Å². The molecule has 0 amide bonds. The number of benzene rings is 1. The van der Waals surface area contributed by atoms with E-state index in [4.69, 9.17) is 0 Å². The zero-order valence-corrected chi connectivity index (χ0v) is 10.3. The van der Waals surface area contributed by atoms with Gasteiger partial charge in [-0.05, 0) is 55.8 Å². The number of rotatable bonds is 4. The van der Waals surface area contributed by atoms with E-state index in [0.29, 0.717) is 0 Å². The molecular weight excluding hydrogens is 194 g/mol. The molecule has 1 nitrogen and oxygen atoms in total. The average molecular weight is 217 g/mol. The number of hydrogen-bond acceptors (Lipinski definition) is 1. The summed E-state index contributed by atoms with van der Waals surface area (Å²) in [6.45, 7) is 4.65. The summed E-state index contributed by atoms with van der Waals surface area (Å²) in [5.74, 6) is 0.800. The molecule has 0 aliphatic carbocycles. The molecule has 0 saturated carbocycles. The third-order valence-electron chi connectivity index (χ3n) is 3.63. The van der Waals surface area contributed by atoms with Crippen LogP contribution in [0.5, 0.6) is 0 Å². The van der Waals surface area contributed by atoms with Crippen molar-refractivity contribution >= 4 is 0 Å². The summed E-state index contributed by atoms with van der Waals surface area (Å²) in [4.78, 5) is 0. The zero-order chi connectivity index (χ0) is 11.2. The highest BCUT2D eigenvalue weighted by atomic mass is 14.9. The molecule has 2 rings (SSSR count). The maximum atomic E-state index is 3.45. The number of nitrogens with one attached hydrogen (secondary N) is 1. The van der Waals surface area contributed by atoms with Crippen molar-refractivity contribution in [3.8, 4) is 0 Å². The molecule has 1 heteroatoms. The summed E-state index contributed by atoms with van der Waals surface area (Å²) < 4.78 is 0. The third-order valence-corrected chi connectivity index (χ3v) is 3.63. The Hall–Kier alpha value is -0.820. The Morgan fingerprint density at radius 2 is 1.94 bits per heavy atom. The number of unbranched alkanes of at least 4 members (excludes halogenated alkanes) is 1. The fourth-order valence-electron chi connectivity index (χ4n) is 2.66. The molecular formula is C15H23N. The van der Waals surface area contributed by atoms with E-state index in [1.807, 2.05) is 0 Å². The molecule has 0 atom stereocenters. The monoisotopic (exact) mass is 217 g/mol. The van der Waals surface area contributed by atoms with Crippen LogP contribution in [0.15, 0.2) is 24.3 Å². The highest BCUT2D eigenvalue weighted by Gasteiger charge is 2.17. The summed E-state index contributed by atoms with van der Waals surface area (Å²) in [5.41, 5.74) is 3.22. The molecule has 1 aliphatic heterocycles. The Morgan fingerprint density at radius 3 is 2.69 bits per heavy atom. The lowest BCUT2D eigenvalue weighted by Crippen LogP contribution is -2.27. The fourth-order valence-corrected chi connectivity index (χ4v) is 2.66. The molecule has 0 bridgehead atoms. The summed E-state index contributed by atoms with van der Waals surface area (Å²) in [7, 11) is 0. The average Bonchev–Trinajstić information content (AvgIpc) is 2.38. The predicted molar refractivity (Wildman–Crippen MR) is 69.9 cm³/mol. The molecule has 1 fully saturated rings. The van der Waals surface area contributed by atoms with E-state index >= 15 is 0 Å². The molecule has 0 radical (unpaired) electrons. The molecule has 1 aliphatic rings. The van der Waals surface area contributed by atoms with Crippen molar-refractivity contribution in [2.24, 2.45) is 0 Å². The van der Waals surface area contributed by atoms with Crippen molar-refractivity contribution in [3.05, 3.63) is 35.4 Å². The van der Waals surface area contributed by atoms with Gasteiger partial charge in [-0.2, -0.15) is 0 Å². The van der Waals surface area contributed by atoms with Crippen LogP contribution in [0.4, 0.5) is 0 Å². The van der Waals surface area contributed by atoms with Crippen molar-refractivity contribution < 1.29 is 0 Å². The van der Waals surface area contributed by atoms with Crippen LogP contribution in [-0.2, 0) is 6.42 Å². The summed E-state index contributed by atoms with van der Waals surface area (Å²) in [5, 5.41) is 3.45. The lowest BCUT2D eigenvalue weighted by Gasteiger charge is -2.25. The number of aryl methyl sites for hydroxylation is 1. The molecule has 0 aromatic heterocycles. The Labute approximate surface area is 99.3 Å². The van der Waals surface area contributed by atoms with Gasteiger partial charge in [0.1, 0.15) is 0 Å². The predicted octanol–water partition coefficient (Wildman–Crippen LogP) is 3.50. The molecule has 1 N–H and O–H groups in total. The van der Waals surface area contributed by atoms with Crippen LogP contribution in [0.1, 0.15) is 49.7 Å². The minimum absolute atomic E-state index is 0.800. The lowest BCUT2D eigenvalue weighted by atomic mass is 9.86. The van der Waals surface area contributed by atoms with Gasteiger partial charge in [0.25, 0.3) is 0 Å². The topological polar surface area (TPSA) is 12.0 Å². The van der Waals surface area contributed by atoms with Crippen molar-refractivity contribution in [1.29, 1.82) is 0 Å². The van der Waals surface area contributed by atoms with Gasteiger partial charge in [-0.1, -0.05) is 37.6 Å². The highest BCUT2D eigenvalue weighted by molar-refractivity contribution is 5.31. The lowest BCUT2D eigenvalue weighted by molar-refractivity contribution is 0.458. The smallest absolute Gasteiger partial charge is 0.00431 e. The number of piperidine rings is 1. The van der Waals surface area contributed by atoms with E-state index in [2.05, 4.69) is 36.5 Å². The van der Waals surface area contributed by atoms with Crippen LogP contribution in [0.3, 0.4) is 0 Å². The van der Waals surface area contributed by atoms with Gasteiger partial charge in [0.05, 0.1) is 0 Å². The normalized spacial score (nSPS) is 17.6. The van der Waals surface area contributed by atoms with Gasteiger partial charge in [0, 0.05) is 0 Å². The maximum Gasteiger partial charge on any atom is -0.00431 e. The van der Waals surface area contributed by atoms with Crippen LogP contribution in [0.2, 0.25) is 0 Å². The highest BCUT2D eigenvalue weighted by Crippen LogP contribution is 2.28. The van der Waals surface area contributed by atoms with Gasteiger partial charge >= 0.3 is 0 Å². The SMILES string of the molecule is CCCCc1ccccc1C1CCNCC1. The van der Waals surface area contributed by atoms with Gasteiger partial charge < -0.3 is 5.32 Å². The Kier molecular flexibility index (Phi) is 4.41. The first-order chi connectivity index (χ1) is 7.92. The second-order valence-electron chi connectivity index (χ2n) is 4.83. The second-order valence-corrected chi connectivity index (χ2v) is 4.83. The van der Waals surface area contributed by atoms with Crippen LogP contribution in [0, 0.1) is 0 Å². The van der Waals surface area contributed by atoms with Crippen LogP contribution in [0.25, 0.3) is 0 Å². The standard InChI is InChI=1S/C15H23N/c1-2-3-6-13-7-4-5-8-15(13)14-9-11-16-12-10-14/h4-5,7-8,14,16H,2-3,6,9-12H2,1H3. The quantitative estimate of drug-likeness (QED) is 0.814. The first kappa shape index (κ1) is 11.7. The minimum atomic E-state index is 0.800. The first-order valence-electron chi connectivity index (χ1n) is 6.70. The molecule has 1 heterocycles. The van der Waals surface area contributed by atoms with Gasteiger partial charge in [-0.25, -0.2) is 0 Å². The van der Waals surface area contributed by atoms with E-state index < -0.39 is 0 Å². The molecule has 1 aromatic rings. The maximum absolute atomic E-state index is 3.45. The van der Waals surface area contributed by atoms with Crippen molar-refractivity contribution in [3.63, 3.8) is 0 Å². The van der Waals surface area contributed by atoms with E-state index in [0.717, 1.165) is 5.92 Å². The minimum Gasteiger partial charge on any atom is -0.317 e. The molecule has 0 spiro atoms. The Balaban J connectivity index is 2.11. The summed E-state index contributed by atoms with van der Waals surface area (Å²) in [6, 6.07) is 9.07. The molecule has 88 valence electrons. The molecule has 16 heavy (non-hydrogen) atoms. The van der Waals surface area contributed by atoms with Gasteiger partial charge in [-0.15, -0.1) is 0 Å². The van der Waals surface area contributed by atoms with E-state index in [9.17, 15) is 0 Å². The number of hydrogen-bond donors (Lipinski definition) is 1. The van der Waals surface area contributed by atoms with Crippen molar-refractivity contribution in [2.45, 2.75) is 44.9 Å². The van der Waals surface area contributed by atoms with E-state index in [-0.39, 0.29) is 0 Å². The zero-order valence-electron chi connectivity index (χ0n) is 10.3. The van der Waals surface area contributed by atoms with Crippen LogP contribution in [-0.4, -0.2) is 13.1 Å². The molecule has 0 unspecified atom stereocenters. The van der Waals surface area contributed by atoms with E-state index in [1.165, 1.54) is 45.2 Å². The Bertz CT molecular complexity index is 313. The van der Waals surface area contributed by atoms with Crippen molar-refractivity contribution in [2.75, 3.05) is 13.1 Å². The fraction of sp³-hybridized carbons (Fsp3) is 0.600. The van der Waals surface area contributed by atoms with Crippen LogP contribution < -0.4 is 5.32 Å². The molecule has 1 saturated heterocycles. The van der Waals surface area contributed by atoms with Gasteiger partial charge in [-0.3, -0.25) is 0 Å². The molecule has 1 aromatic carbocycles. The summed E-state index contributed by atoms with van der Waals surface area (Å²) >= 11 is 0. The third kappa shape index (κ3) is 2.85. The summed E-state index contributed by atoms with van der Waals surface area (Å²) in [6.07, 6.45) is 6.49. The Morgan fingerprint density at radius 1 is 1.19 bits per heavy atom. The van der Waals surface area contributed by atoms with E-state index in [1.54, 1.807) is 11.1 Å².